The third kappa shape index (κ3) is 5.00. The topological polar surface area (TPSA) is 122 Å². The molecule has 226 valence electrons. The highest BCUT2D eigenvalue weighted by molar-refractivity contribution is 6.06. The first kappa shape index (κ1) is 28.7. The van der Waals surface area contributed by atoms with Crippen LogP contribution in [0.3, 0.4) is 0 Å². The number of aromatic nitrogens is 3. The summed E-state index contributed by atoms with van der Waals surface area (Å²) in [6, 6.07) is 7.24. The Balaban J connectivity index is 1.36. The molecule has 0 saturated carbocycles. The number of benzene rings is 1. The lowest BCUT2D eigenvalue weighted by atomic mass is 9.78. The quantitative estimate of drug-likeness (QED) is 0.320. The molecule has 13 heteroatoms. The van der Waals surface area contributed by atoms with Crippen LogP contribution in [0.2, 0.25) is 0 Å². The van der Waals surface area contributed by atoms with Crippen LogP contribution in [0.25, 0.3) is 22.1 Å². The highest BCUT2D eigenvalue weighted by Gasteiger charge is 2.47. The molecule has 0 bridgehead atoms. The third-order valence-electron chi connectivity index (χ3n) is 8.41. The molecule has 0 spiro atoms. The number of carboxylic acids is 1. The molecule has 0 aliphatic carbocycles. The van der Waals surface area contributed by atoms with Gasteiger partial charge in [0.2, 0.25) is 11.8 Å². The first-order chi connectivity index (χ1) is 20.5. The van der Waals surface area contributed by atoms with Crippen molar-refractivity contribution in [2.75, 3.05) is 24.5 Å². The summed E-state index contributed by atoms with van der Waals surface area (Å²) in [5.41, 5.74) is -0.271. The monoisotopic (exact) mass is 597 g/mol. The van der Waals surface area contributed by atoms with Crippen molar-refractivity contribution < 1.29 is 37.0 Å². The van der Waals surface area contributed by atoms with E-state index in [1.807, 2.05) is 0 Å². The third-order valence-corrected chi connectivity index (χ3v) is 8.41. The Morgan fingerprint density at radius 3 is 2.67 bits per heavy atom. The summed E-state index contributed by atoms with van der Waals surface area (Å²) in [5.74, 6) is -2.71. The number of fused-ring (bicyclic) bond motifs is 3. The molecule has 43 heavy (non-hydrogen) atoms. The predicted octanol–water partition coefficient (Wildman–Crippen LogP) is 5.18. The van der Waals surface area contributed by atoms with Crippen LogP contribution in [0, 0.1) is 12.8 Å². The van der Waals surface area contributed by atoms with Crippen molar-refractivity contribution in [1.82, 2.24) is 19.9 Å². The molecule has 1 amide bonds. The summed E-state index contributed by atoms with van der Waals surface area (Å²) in [5, 5.41) is 10.6. The molecule has 6 rings (SSSR count). The normalized spacial score (nSPS) is 24.3. The van der Waals surface area contributed by atoms with Crippen LogP contribution in [0.5, 0.6) is 5.88 Å². The van der Waals surface area contributed by atoms with Gasteiger partial charge in [0.05, 0.1) is 12.1 Å². The molecule has 2 fully saturated rings. The summed E-state index contributed by atoms with van der Waals surface area (Å²) in [7, 11) is 0. The molecule has 1 aromatic carbocycles. The number of rotatable bonds is 6. The zero-order chi connectivity index (χ0) is 30.6. The molecule has 1 N–H and O–H groups in total. The molecule has 2 aliphatic heterocycles. The van der Waals surface area contributed by atoms with Crippen LogP contribution in [0.4, 0.5) is 19.0 Å². The van der Waals surface area contributed by atoms with Gasteiger partial charge < -0.3 is 24.1 Å². The van der Waals surface area contributed by atoms with E-state index in [0.29, 0.717) is 16.5 Å². The molecule has 4 atom stereocenters. The minimum absolute atomic E-state index is 0.0251. The molecule has 2 saturated heterocycles. The highest BCUT2D eigenvalue weighted by Crippen LogP contribution is 2.45. The van der Waals surface area contributed by atoms with Gasteiger partial charge in [0, 0.05) is 50.4 Å². The number of anilines is 1. The van der Waals surface area contributed by atoms with E-state index in [1.54, 1.807) is 49.1 Å². The van der Waals surface area contributed by atoms with Gasteiger partial charge in [-0.25, -0.2) is 32.9 Å². The molecule has 10 nitrogen and oxygen atoms in total. The van der Waals surface area contributed by atoms with Gasteiger partial charge in [-0.15, -0.1) is 0 Å². The van der Waals surface area contributed by atoms with Gasteiger partial charge in [0.1, 0.15) is 28.9 Å². The second kappa shape index (κ2) is 10.7. The number of halogens is 3. The first-order valence-corrected chi connectivity index (χ1v) is 14.0. The van der Waals surface area contributed by atoms with Crippen molar-refractivity contribution in [3.8, 4) is 5.88 Å². The molecule has 4 aromatic rings. The number of aryl methyl sites for hydroxylation is 1. The Kier molecular flexibility index (Phi) is 7.13. The Hall–Kier alpha value is -4.42. The number of carboxylic acid groups (broad SMARTS) is 1. The number of ether oxygens (including phenoxy) is 1. The number of carbonyl (C=O) groups is 2. The van der Waals surface area contributed by atoms with E-state index in [1.165, 1.54) is 18.0 Å². The van der Waals surface area contributed by atoms with Crippen molar-refractivity contribution in [1.29, 1.82) is 0 Å². The summed E-state index contributed by atoms with van der Waals surface area (Å²) in [6.07, 6.45) is -2.27. The van der Waals surface area contributed by atoms with Crippen LogP contribution in [-0.4, -0.2) is 68.6 Å². The van der Waals surface area contributed by atoms with Crippen molar-refractivity contribution in [3.05, 3.63) is 53.5 Å². The Morgan fingerprint density at radius 2 is 1.98 bits per heavy atom. The van der Waals surface area contributed by atoms with E-state index in [4.69, 9.17) is 9.15 Å². The minimum Gasteiger partial charge on any atom is -0.480 e. The second-order valence-electron chi connectivity index (χ2n) is 11.3. The molecule has 3 aromatic heterocycles. The van der Waals surface area contributed by atoms with Gasteiger partial charge in [-0.2, -0.15) is 0 Å². The van der Waals surface area contributed by atoms with E-state index in [-0.39, 0.29) is 66.7 Å². The zero-order valence-corrected chi connectivity index (χ0v) is 23.8. The van der Waals surface area contributed by atoms with Crippen LogP contribution in [0.1, 0.15) is 50.1 Å². The Labute approximate surface area is 244 Å². The summed E-state index contributed by atoms with van der Waals surface area (Å²) < 4.78 is 56.7. The molecule has 2 aliphatic rings. The van der Waals surface area contributed by atoms with E-state index in [0.717, 1.165) is 0 Å². The fourth-order valence-corrected chi connectivity index (χ4v) is 6.14. The van der Waals surface area contributed by atoms with Crippen LogP contribution < -0.4 is 9.64 Å². The number of aliphatic carboxylic acids is 1. The number of furan rings is 1. The van der Waals surface area contributed by atoms with Crippen LogP contribution in [-0.2, 0) is 15.3 Å². The highest BCUT2D eigenvalue weighted by atomic mass is 19.3. The largest absolute Gasteiger partial charge is 0.480 e. The average molecular weight is 598 g/mol. The van der Waals surface area contributed by atoms with Crippen molar-refractivity contribution in [2.45, 2.75) is 57.9 Å². The molecule has 5 heterocycles. The number of alkyl halides is 3. The number of amides is 1. The number of piperidine rings is 1. The average Bonchev–Trinajstić information content (AvgIpc) is 3.56. The number of carbonyl (C=O) groups excluding carboxylic acids is 1. The standard InChI is InChI=1S/C30H30F3N5O5/c1-15-10-20(30(33)8-9-37(17(3)39)13-16(30)2)28(34-12-15)42-18-11-21(29(40)41)38(14-18)27-24-23(35-26(36-27)25(31)32)19-6-4-5-7-22(19)43-24/h4-7,10,12,16,18,21,25H,8-9,11,13-14H2,1-3H3,(H,40,41)/t16-,18-,21-,30+/m0/s1. The fourth-order valence-electron chi connectivity index (χ4n) is 6.14. The zero-order valence-electron chi connectivity index (χ0n) is 23.8. The van der Waals surface area contributed by atoms with Crippen molar-refractivity contribution >= 4 is 39.8 Å². The Bertz CT molecular complexity index is 1730. The summed E-state index contributed by atoms with van der Waals surface area (Å²) in [6.45, 7) is 5.36. The SMILES string of the molecule is CC(=O)N1CC[C@](F)(c2cc(C)cnc2O[C@H]2C[C@@H](C(=O)O)N(c3nc(C(F)F)nc4c3oc3ccccc34)C2)[C@@H](C)C1. The lowest BCUT2D eigenvalue weighted by Gasteiger charge is -2.41. The molecular weight excluding hydrogens is 567 g/mol. The van der Waals surface area contributed by atoms with Gasteiger partial charge >= 0.3 is 5.97 Å². The maximum absolute atomic E-state index is 16.7. The molecule has 0 radical (unpaired) electrons. The number of likely N-dealkylation sites (tertiary alicyclic amines) is 1. The first-order valence-electron chi connectivity index (χ1n) is 14.0. The van der Waals surface area contributed by atoms with E-state index < -0.39 is 42.0 Å². The second-order valence-corrected chi connectivity index (χ2v) is 11.3. The van der Waals surface area contributed by atoms with Gasteiger partial charge in [-0.1, -0.05) is 19.1 Å². The van der Waals surface area contributed by atoms with Crippen LogP contribution >= 0.6 is 0 Å². The number of hydrogen-bond donors (Lipinski definition) is 1. The molecular formula is C30H30F3N5O5. The van der Waals surface area contributed by atoms with E-state index in [2.05, 4.69) is 15.0 Å². The lowest BCUT2D eigenvalue weighted by Crippen LogP contribution is -2.48. The predicted molar refractivity (Wildman–Crippen MR) is 150 cm³/mol. The van der Waals surface area contributed by atoms with Gasteiger partial charge in [-0.05, 0) is 30.7 Å². The minimum atomic E-state index is -3.01. The smallest absolute Gasteiger partial charge is 0.326 e. The molecule has 0 unspecified atom stereocenters. The van der Waals surface area contributed by atoms with Crippen LogP contribution in [0.15, 0.2) is 40.9 Å². The fraction of sp³-hybridized carbons (Fsp3) is 0.433. The van der Waals surface area contributed by atoms with E-state index in [9.17, 15) is 23.5 Å². The van der Waals surface area contributed by atoms with Gasteiger partial charge in [0.25, 0.3) is 6.43 Å². The number of nitrogens with zero attached hydrogens (tertiary/aromatic N) is 5. The summed E-state index contributed by atoms with van der Waals surface area (Å²) >= 11 is 0. The maximum atomic E-state index is 16.7. The van der Waals surface area contributed by atoms with Crippen molar-refractivity contribution in [3.63, 3.8) is 0 Å². The number of pyridine rings is 1. The number of para-hydroxylation sites is 1. The summed E-state index contributed by atoms with van der Waals surface area (Å²) in [4.78, 5) is 39.8. The van der Waals surface area contributed by atoms with Gasteiger partial charge in [-0.3, -0.25) is 4.79 Å². The Morgan fingerprint density at radius 1 is 1.21 bits per heavy atom. The van der Waals surface area contributed by atoms with Gasteiger partial charge in [0.15, 0.2) is 17.2 Å². The number of hydrogen-bond acceptors (Lipinski definition) is 8. The van der Waals surface area contributed by atoms with E-state index >= 15 is 4.39 Å². The lowest BCUT2D eigenvalue weighted by molar-refractivity contribution is -0.138. The maximum Gasteiger partial charge on any atom is 0.326 e. The van der Waals surface area contributed by atoms with Crippen molar-refractivity contribution in [2.24, 2.45) is 5.92 Å².